The zero-order valence-electron chi connectivity index (χ0n) is 18.6. The first-order chi connectivity index (χ1) is 14.6. The van der Waals surface area contributed by atoms with Crippen LogP contribution in [0.3, 0.4) is 0 Å². The molecule has 0 bridgehead atoms. The van der Waals surface area contributed by atoms with Crippen LogP contribution < -0.4 is 0 Å². The molecule has 0 saturated heterocycles. The Bertz CT molecular complexity index is 690. The molecule has 0 heterocycles. The van der Waals surface area contributed by atoms with Crippen molar-refractivity contribution in [2.75, 3.05) is 6.61 Å². The summed E-state index contributed by atoms with van der Waals surface area (Å²) in [5.41, 5.74) is 2.29. The predicted octanol–water partition coefficient (Wildman–Crippen LogP) is 5.58. The molecule has 4 fully saturated rings. The fourth-order valence-corrected chi connectivity index (χ4v) is 6.73. The molecule has 4 nitrogen and oxygen atoms in total. The van der Waals surface area contributed by atoms with Crippen LogP contribution >= 0.6 is 0 Å². The van der Waals surface area contributed by atoms with Gasteiger partial charge in [-0.1, -0.05) is 37.7 Å². The van der Waals surface area contributed by atoms with E-state index in [1.807, 2.05) is 6.92 Å². The van der Waals surface area contributed by atoms with Crippen LogP contribution in [-0.2, 0) is 19.1 Å². The lowest BCUT2D eigenvalue weighted by Gasteiger charge is -2.24. The van der Waals surface area contributed by atoms with Gasteiger partial charge >= 0.3 is 5.97 Å². The van der Waals surface area contributed by atoms with Crippen LogP contribution in [-0.4, -0.2) is 24.1 Å². The number of ether oxygens (including phenoxy) is 1. The first-order valence-corrected chi connectivity index (χ1v) is 12.5. The fourth-order valence-electron chi connectivity index (χ4n) is 6.73. The molecular formula is C26H38O4. The number of hydrogen-bond donors (Lipinski definition) is 0. The van der Waals surface area contributed by atoms with Crippen molar-refractivity contribution >= 4 is 17.5 Å². The van der Waals surface area contributed by atoms with E-state index in [0.29, 0.717) is 18.2 Å². The average molecular weight is 415 g/mol. The van der Waals surface area contributed by atoms with Gasteiger partial charge in [-0.15, -0.1) is 0 Å². The number of rotatable bonds is 6. The molecule has 4 rings (SSSR count). The minimum absolute atomic E-state index is 0.0144. The standard InChI is InChI=1S/C26H38O4/c1-2-30-26(29)19-11-9-18(10-12-19)22-16-23-20(13-14-21(23)25(22)28)24(27)15-8-17-6-4-3-5-7-17/h17,19-21,23H,2-16H2,1H3/t19?,20-,21?,23?/m0/s1. The largest absolute Gasteiger partial charge is 0.466 e. The Morgan fingerprint density at radius 2 is 1.70 bits per heavy atom. The maximum atomic E-state index is 13.1. The molecule has 4 heteroatoms. The highest BCUT2D eigenvalue weighted by Crippen LogP contribution is 2.50. The lowest BCUT2D eigenvalue weighted by Crippen LogP contribution is -2.22. The van der Waals surface area contributed by atoms with Gasteiger partial charge in [-0.2, -0.15) is 0 Å². The molecule has 30 heavy (non-hydrogen) atoms. The van der Waals surface area contributed by atoms with E-state index in [2.05, 4.69) is 0 Å². The van der Waals surface area contributed by atoms with Gasteiger partial charge in [-0.05, 0) is 75.7 Å². The zero-order valence-corrected chi connectivity index (χ0v) is 18.6. The van der Waals surface area contributed by atoms with E-state index in [1.54, 1.807) is 0 Å². The minimum Gasteiger partial charge on any atom is -0.466 e. The summed E-state index contributed by atoms with van der Waals surface area (Å²) in [4.78, 5) is 38.1. The normalized spacial score (nSPS) is 32.4. The van der Waals surface area contributed by atoms with Crippen LogP contribution in [0.4, 0.5) is 0 Å². The molecule has 0 amide bonds. The highest BCUT2D eigenvalue weighted by molar-refractivity contribution is 6.01. The van der Waals surface area contributed by atoms with Gasteiger partial charge in [0.2, 0.25) is 0 Å². The Hall–Kier alpha value is -1.45. The van der Waals surface area contributed by atoms with E-state index < -0.39 is 0 Å². The highest BCUT2D eigenvalue weighted by atomic mass is 16.5. The first kappa shape index (κ1) is 21.8. The predicted molar refractivity (Wildman–Crippen MR) is 116 cm³/mol. The second kappa shape index (κ2) is 9.78. The number of fused-ring (bicyclic) bond motifs is 1. The fraction of sp³-hybridized carbons (Fsp3) is 0.808. The maximum absolute atomic E-state index is 13.1. The summed E-state index contributed by atoms with van der Waals surface area (Å²) in [5, 5.41) is 0. The number of carbonyl (C=O) groups excluding carboxylic acids is 3. The SMILES string of the molecule is CCOC(=O)C1CCC(=C2CC3C(CC[C@@H]3C(=O)CCC3CCCCC3)C2=O)CC1. The van der Waals surface area contributed by atoms with Gasteiger partial charge < -0.3 is 4.74 Å². The summed E-state index contributed by atoms with van der Waals surface area (Å²) < 4.78 is 5.17. The number of esters is 1. The highest BCUT2D eigenvalue weighted by Gasteiger charge is 2.49. The molecule has 166 valence electrons. The zero-order chi connectivity index (χ0) is 21.1. The molecule has 2 unspecified atom stereocenters. The molecule has 0 aromatic rings. The van der Waals surface area contributed by atoms with E-state index in [1.165, 1.54) is 37.7 Å². The molecule has 4 aliphatic rings. The molecule has 0 spiro atoms. The maximum Gasteiger partial charge on any atom is 0.308 e. The van der Waals surface area contributed by atoms with Gasteiger partial charge in [0.25, 0.3) is 0 Å². The van der Waals surface area contributed by atoms with Crippen molar-refractivity contribution in [1.82, 2.24) is 0 Å². The second-order valence-corrected chi connectivity index (χ2v) is 10.1. The molecule has 0 N–H and O–H groups in total. The number of ketones is 2. The molecule has 0 aliphatic heterocycles. The number of allylic oxidation sites excluding steroid dienone is 2. The van der Waals surface area contributed by atoms with Crippen molar-refractivity contribution in [1.29, 1.82) is 0 Å². The second-order valence-electron chi connectivity index (χ2n) is 10.1. The van der Waals surface area contributed by atoms with Crippen molar-refractivity contribution in [2.45, 2.75) is 96.8 Å². The molecule has 0 radical (unpaired) electrons. The molecule has 3 atom stereocenters. The van der Waals surface area contributed by atoms with Gasteiger partial charge in [-0.3, -0.25) is 14.4 Å². The Labute approximate surface area is 181 Å². The Kier molecular flexibility index (Phi) is 7.10. The summed E-state index contributed by atoms with van der Waals surface area (Å²) in [6.07, 6.45) is 14.3. The summed E-state index contributed by atoms with van der Waals surface area (Å²) in [6.45, 7) is 2.28. The number of carbonyl (C=O) groups is 3. The van der Waals surface area contributed by atoms with E-state index >= 15 is 0 Å². The van der Waals surface area contributed by atoms with Crippen LogP contribution in [0, 0.1) is 29.6 Å². The third-order valence-corrected chi connectivity index (χ3v) is 8.47. The van der Waals surface area contributed by atoms with E-state index in [4.69, 9.17) is 4.74 Å². The Balaban J connectivity index is 1.34. The van der Waals surface area contributed by atoms with Gasteiger partial charge in [0.15, 0.2) is 5.78 Å². The van der Waals surface area contributed by atoms with Gasteiger partial charge in [-0.25, -0.2) is 0 Å². The van der Waals surface area contributed by atoms with Crippen LogP contribution in [0.15, 0.2) is 11.1 Å². The number of Topliss-reactive ketones (excluding diaryl/α,β-unsaturated/α-hetero) is 2. The molecule has 0 aromatic heterocycles. The van der Waals surface area contributed by atoms with Crippen molar-refractivity contribution in [3.05, 3.63) is 11.1 Å². The average Bonchev–Trinajstić information content (AvgIpc) is 3.33. The minimum atomic E-state index is -0.0835. The summed E-state index contributed by atoms with van der Waals surface area (Å²) >= 11 is 0. The summed E-state index contributed by atoms with van der Waals surface area (Å²) in [5.74, 6) is 1.85. The molecule has 4 aliphatic carbocycles. The smallest absolute Gasteiger partial charge is 0.308 e. The lowest BCUT2D eigenvalue weighted by molar-refractivity contribution is -0.148. The van der Waals surface area contributed by atoms with E-state index in [-0.39, 0.29) is 29.6 Å². The van der Waals surface area contributed by atoms with Crippen molar-refractivity contribution in [3.8, 4) is 0 Å². The quantitative estimate of drug-likeness (QED) is 0.420. The van der Waals surface area contributed by atoms with Crippen molar-refractivity contribution < 1.29 is 19.1 Å². The number of hydrogen-bond acceptors (Lipinski definition) is 4. The first-order valence-electron chi connectivity index (χ1n) is 12.5. The summed E-state index contributed by atoms with van der Waals surface area (Å²) in [7, 11) is 0. The Morgan fingerprint density at radius 1 is 0.967 bits per heavy atom. The summed E-state index contributed by atoms with van der Waals surface area (Å²) in [6, 6.07) is 0. The third-order valence-electron chi connectivity index (χ3n) is 8.47. The van der Waals surface area contributed by atoms with Gasteiger partial charge in [0.05, 0.1) is 12.5 Å². The van der Waals surface area contributed by atoms with E-state index in [9.17, 15) is 14.4 Å². The lowest BCUT2D eigenvalue weighted by atomic mass is 9.81. The monoisotopic (exact) mass is 414 g/mol. The van der Waals surface area contributed by atoms with Crippen molar-refractivity contribution in [2.24, 2.45) is 29.6 Å². The van der Waals surface area contributed by atoms with Crippen LogP contribution in [0.25, 0.3) is 0 Å². The topological polar surface area (TPSA) is 60.4 Å². The molecule has 0 aromatic carbocycles. The molecular weight excluding hydrogens is 376 g/mol. The van der Waals surface area contributed by atoms with Crippen LogP contribution in [0.1, 0.15) is 96.8 Å². The van der Waals surface area contributed by atoms with Crippen LogP contribution in [0.5, 0.6) is 0 Å². The van der Waals surface area contributed by atoms with Crippen molar-refractivity contribution in [3.63, 3.8) is 0 Å². The molecule has 4 saturated carbocycles. The third kappa shape index (κ3) is 4.57. The van der Waals surface area contributed by atoms with Gasteiger partial charge in [0, 0.05) is 18.3 Å². The van der Waals surface area contributed by atoms with E-state index in [0.717, 1.165) is 69.3 Å². The Morgan fingerprint density at radius 3 is 2.40 bits per heavy atom. The van der Waals surface area contributed by atoms with Gasteiger partial charge in [0.1, 0.15) is 5.78 Å². The van der Waals surface area contributed by atoms with Crippen LogP contribution in [0.2, 0.25) is 0 Å².